The number of unbranched alkanes of at least 4 members (excludes halogenated alkanes) is 1. The molecule has 4 aromatic carbocycles. The lowest BCUT2D eigenvalue weighted by atomic mass is 10.1. The highest BCUT2D eigenvalue weighted by atomic mass is 16.5. The molecule has 0 aliphatic rings. The molecule has 0 aromatic heterocycles. The van der Waals surface area contributed by atoms with Crippen molar-refractivity contribution >= 4 is 39.8 Å². The molecule has 4 aromatic rings. The molecule has 0 saturated heterocycles. The molecule has 0 spiro atoms. The van der Waals surface area contributed by atoms with Crippen molar-refractivity contribution in [3.8, 4) is 11.5 Å². The van der Waals surface area contributed by atoms with Crippen LogP contribution in [0.4, 0.5) is 39.8 Å². The summed E-state index contributed by atoms with van der Waals surface area (Å²) in [6, 6.07) is 25.2. The third-order valence-corrected chi connectivity index (χ3v) is 7.20. The van der Waals surface area contributed by atoms with Crippen LogP contribution in [0.5, 0.6) is 11.5 Å². The first-order chi connectivity index (χ1) is 21.5. The topological polar surface area (TPSA) is 95.9 Å². The first-order valence-electron chi connectivity index (χ1n) is 15.0. The third-order valence-electron chi connectivity index (χ3n) is 7.20. The van der Waals surface area contributed by atoms with Crippen molar-refractivity contribution in [3.63, 3.8) is 0 Å². The number of azo groups is 3. The van der Waals surface area contributed by atoms with Gasteiger partial charge in [-0.05, 0) is 99.3 Å². The van der Waals surface area contributed by atoms with E-state index in [1.807, 2.05) is 73.7 Å². The lowest BCUT2D eigenvalue weighted by molar-refractivity contribution is 0.404. The highest BCUT2D eigenvalue weighted by molar-refractivity contribution is 5.70. The van der Waals surface area contributed by atoms with Gasteiger partial charge in [-0.3, -0.25) is 0 Å². The second kappa shape index (κ2) is 16.1. The minimum absolute atomic E-state index is 0.588. The number of hydrogen-bond acceptors (Lipinski definition) is 9. The molecule has 0 radical (unpaired) electrons. The maximum absolute atomic E-state index is 5.64. The normalized spacial score (nSPS) is 11.6. The van der Waals surface area contributed by atoms with Crippen molar-refractivity contribution < 1.29 is 9.47 Å². The van der Waals surface area contributed by atoms with Gasteiger partial charge in [-0.25, -0.2) is 0 Å². The average molecular weight is 592 g/mol. The van der Waals surface area contributed by atoms with E-state index in [-0.39, 0.29) is 0 Å². The Morgan fingerprint density at radius 2 is 1.09 bits per heavy atom. The lowest BCUT2D eigenvalue weighted by Gasteiger charge is -2.24. The second-order valence-electron chi connectivity index (χ2n) is 10.2. The molecule has 9 nitrogen and oxygen atoms in total. The first kappa shape index (κ1) is 32.0. The van der Waals surface area contributed by atoms with Gasteiger partial charge in [0.15, 0.2) is 0 Å². The maximum atomic E-state index is 5.64. The van der Waals surface area contributed by atoms with Gasteiger partial charge < -0.3 is 14.4 Å². The number of aryl methyl sites for hydroxylation is 2. The van der Waals surface area contributed by atoms with Gasteiger partial charge in [0.25, 0.3) is 0 Å². The van der Waals surface area contributed by atoms with Crippen LogP contribution in [0.3, 0.4) is 0 Å². The monoisotopic (exact) mass is 591 g/mol. The Hall–Kier alpha value is -4.92. The largest absolute Gasteiger partial charge is 0.494 e. The zero-order valence-corrected chi connectivity index (χ0v) is 26.5. The van der Waals surface area contributed by atoms with E-state index in [1.54, 1.807) is 14.2 Å². The number of methoxy groups -OCH3 is 2. The molecular formula is C35H41N7O2. The van der Waals surface area contributed by atoms with E-state index >= 15 is 0 Å². The van der Waals surface area contributed by atoms with Crippen LogP contribution in [-0.2, 0) is 6.42 Å². The van der Waals surface area contributed by atoms with Crippen LogP contribution in [0.1, 0.15) is 44.7 Å². The fourth-order valence-corrected chi connectivity index (χ4v) is 4.60. The Bertz CT molecular complexity index is 1590. The van der Waals surface area contributed by atoms with Gasteiger partial charge in [0.2, 0.25) is 0 Å². The van der Waals surface area contributed by atoms with Gasteiger partial charge >= 0.3 is 0 Å². The van der Waals surface area contributed by atoms with Crippen LogP contribution >= 0.6 is 0 Å². The standard InChI is InChI=1S/C35H41N7O2/c1-7-10-11-26-12-14-27(15-13-26)36-37-28-16-18-29(19-17-28)38-40-31-21-20-30(22-25(31)4)39-41-32-23-35(44-6)33(24-34(32)43-5)42(8-2)9-3/h12-24H,7-11H2,1-6H3/b37-36+,40-38+,41-39+. The van der Waals surface area contributed by atoms with Crippen LogP contribution in [0.15, 0.2) is 110 Å². The van der Waals surface area contributed by atoms with Crippen molar-refractivity contribution in [2.45, 2.75) is 47.0 Å². The molecule has 0 bridgehead atoms. The smallest absolute Gasteiger partial charge is 0.148 e. The van der Waals surface area contributed by atoms with E-state index in [4.69, 9.17) is 9.47 Å². The molecule has 0 amide bonds. The van der Waals surface area contributed by atoms with Crippen molar-refractivity contribution in [2.24, 2.45) is 30.7 Å². The van der Waals surface area contributed by atoms with Crippen molar-refractivity contribution in [1.82, 2.24) is 0 Å². The molecular weight excluding hydrogens is 550 g/mol. The zero-order valence-electron chi connectivity index (χ0n) is 26.5. The van der Waals surface area contributed by atoms with E-state index in [0.29, 0.717) is 17.1 Å². The first-order valence-corrected chi connectivity index (χ1v) is 15.0. The van der Waals surface area contributed by atoms with Crippen LogP contribution in [0, 0.1) is 6.92 Å². The Balaban J connectivity index is 1.41. The number of ether oxygens (including phenoxy) is 2. The minimum atomic E-state index is 0.588. The summed E-state index contributed by atoms with van der Waals surface area (Å²) in [7, 11) is 3.28. The fraction of sp³-hybridized carbons (Fsp3) is 0.314. The predicted octanol–water partition coefficient (Wildman–Crippen LogP) is 11.4. The molecule has 0 fully saturated rings. The summed E-state index contributed by atoms with van der Waals surface area (Å²) >= 11 is 0. The fourth-order valence-electron chi connectivity index (χ4n) is 4.60. The Morgan fingerprint density at radius 1 is 0.568 bits per heavy atom. The molecule has 228 valence electrons. The van der Waals surface area contributed by atoms with E-state index in [2.05, 4.69) is 68.5 Å². The highest BCUT2D eigenvalue weighted by Gasteiger charge is 2.15. The summed E-state index contributed by atoms with van der Waals surface area (Å²) in [5.41, 5.74) is 7.55. The maximum Gasteiger partial charge on any atom is 0.148 e. The minimum Gasteiger partial charge on any atom is -0.494 e. The summed E-state index contributed by atoms with van der Waals surface area (Å²) in [4.78, 5) is 2.20. The zero-order chi connectivity index (χ0) is 31.3. The SMILES string of the molecule is CCCCc1ccc(/N=N/c2ccc(/N=N/c3ccc(/N=N/c4cc(OC)c(N(CC)CC)cc4OC)cc3C)cc2)cc1. The van der Waals surface area contributed by atoms with Crippen LogP contribution in [0.2, 0.25) is 0 Å². The summed E-state index contributed by atoms with van der Waals surface area (Å²) in [5, 5.41) is 26.4. The van der Waals surface area contributed by atoms with Crippen LogP contribution in [-0.4, -0.2) is 27.3 Å². The lowest BCUT2D eigenvalue weighted by Crippen LogP contribution is -2.22. The Labute approximate surface area is 260 Å². The van der Waals surface area contributed by atoms with Gasteiger partial charge in [0.05, 0.1) is 48.3 Å². The molecule has 0 saturated carbocycles. The number of rotatable bonds is 14. The molecule has 0 unspecified atom stereocenters. The number of nitrogens with zero attached hydrogens (tertiary/aromatic N) is 7. The summed E-state index contributed by atoms with van der Waals surface area (Å²) in [6.45, 7) is 10.1. The van der Waals surface area contributed by atoms with Gasteiger partial charge in [0, 0.05) is 25.2 Å². The number of benzene rings is 4. The molecule has 0 aliphatic heterocycles. The van der Waals surface area contributed by atoms with Crippen molar-refractivity contribution in [1.29, 1.82) is 0 Å². The van der Waals surface area contributed by atoms with Crippen molar-refractivity contribution in [2.75, 3.05) is 32.2 Å². The summed E-state index contributed by atoms with van der Waals surface area (Å²) < 4.78 is 11.3. The van der Waals surface area contributed by atoms with Crippen molar-refractivity contribution in [3.05, 3.63) is 90.0 Å². The predicted molar refractivity (Wildman–Crippen MR) is 178 cm³/mol. The molecule has 0 heterocycles. The van der Waals surface area contributed by atoms with E-state index in [1.165, 1.54) is 18.4 Å². The van der Waals surface area contributed by atoms with Gasteiger partial charge in [-0.2, -0.15) is 25.6 Å². The molecule has 0 N–H and O–H groups in total. The molecule has 9 heteroatoms. The second-order valence-corrected chi connectivity index (χ2v) is 10.2. The Morgan fingerprint density at radius 3 is 1.64 bits per heavy atom. The summed E-state index contributed by atoms with van der Waals surface area (Å²) in [5.74, 6) is 1.35. The number of hydrogen-bond donors (Lipinski definition) is 0. The number of anilines is 1. The van der Waals surface area contributed by atoms with Gasteiger partial charge in [-0.1, -0.05) is 25.5 Å². The van der Waals surface area contributed by atoms with E-state index in [9.17, 15) is 0 Å². The average Bonchev–Trinajstić information content (AvgIpc) is 3.06. The third kappa shape index (κ3) is 8.56. The Kier molecular flexibility index (Phi) is 11.7. The molecule has 4 rings (SSSR count). The highest BCUT2D eigenvalue weighted by Crippen LogP contribution is 2.41. The van der Waals surface area contributed by atoms with Crippen LogP contribution in [0.25, 0.3) is 0 Å². The molecule has 0 atom stereocenters. The van der Waals surface area contributed by atoms with Crippen LogP contribution < -0.4 is 14.4 Å². The van der Waals surface area contributed by atoms with Gasteiger partial charge in [-0.15, -0.1) is 5.11 Å². The van der Waals surface area contributed by atoms with E-state index < -0.39 is 0 Å². The van der Waals surface area contributed by atoms with E-state index in [0.717, 1.165) is 59.3 Å². The molecule has 44 heavy (non-hydrogen) atoms. The molecule has 0 aliphatic carbocycles. The van der Waals surface area contributed by atoms with Gasteiger partial charge in [0.1, 0.15) is 17.2 Å². The summed E-state index contributed by atoms with van der Waals surface area (Å²) in [6.07, 6.45) is 3.48. The quantitative estimate of drug-likeness (QED) is 0.136.